The highest BCUT2D eigenvalue weighted by molar-refractivity contribution is 5.43. The fourth-order valence-electron chi connectivity index (χ4n) is 2.27. The van der Waals surface area contributed by atoms with Gasteiger partial charge in [0.1, 0.15) is 0 Å². The summed E-state index contributed by atoms with van der Waals surface area (Å²) in [5.41, 5.74) is 0.127. The first-order valence-corrected chi connectivity index (χ1v) is 5.28. The maximum atomic E-state index is 13.5. The molecular weight excluding hydrogens is 214 g/mol. The van der Waals surface area contributed by atoms with Crippen molar-refractivity contribution in [3.05, 3.63) is 29.3 Å². The maximum absolute atomic E-state index is 13.5. The first kappa shape index (κ1) is 11.3. The van der Waals surface area contributed by atoms with Crippen LogP contribution in [0.5, 0.6) is 5.75 Å². The van der Waals surface area contributed by atoms with Crippen molar-refractivity contribution < 1.29 is 18.6 Å². The maximum Gasteiger partial charge on any atom is 0.200 e. The lowest BCUT2D eigenvalue weighted by Crippen LogP contribution is -2.38. The zero-order valence-electron chi connectivity index (χ0n) is 9.09. The highest BCUT2D eigenvalue weighted by Crippen LogP contribution is 2.47. The summed E-state index contributed by atoms with van der Waals surface area (Å²) < 4.78 is 31.5. The quantitative estimate of drug-likeness (QED) is 0.860. The van der Waals surface area contributed by atoms with E-state index in [2.05, 4.69) is 0 Å². The van der Waals surface area contributed by atoms with Crippen LogP contribution in [-0.4, -0.2) is 18.8 Å². The summed E-state index contributed by atoms with van der Waals surface area (Å²) in [6.45, 7) is -0.0611. The van der Waals surface area contributed by atoms with Gasteiger partial charge in [-0.05, 0) is 18.9 Å². The molecule has 2 nitrogen and oxygen atoms in total. The van der Waals surface area contributed by atoms with Gasteiger partial charge in [0.2, 0.25) is 5.82 Å². The number of ether oxygens (including phenoxy) is 1. The van der Waals surface area contributed by atoms with E-state index in [9.17, 15) is 13.9 Å². The molecule has 4 heteroatoms. The van der Waals surface area contributed by atoms with Crippen LogP contribution in [0.25, 0.3) is 0 Å². The van der Waals surface area contributed by atoms with Gasteiger partial charge in [0, 0.05) is 11.0 Å². The molecule has 0 unspecified atom stereocenters. The van der Waals surface area contributed by atoms with Crippen LogP contribution >= 0.6 is 0 Å². The average Bonchev–Trinajstić information content (AvgIpc) is 2.23. The smallest absolute Gasteiger partial charge is 0.200 e. The van der Waals surface area contributed by atoms with Crippen molar-refractivity contribution in [1.29, 1.82) is 0 Å². The Kier molecular flexibility index (Phi) is 2.84. The highest BCUT2D eigenvalue weighted by atomic mass is 19.2. The van der Waals surface area contributed by atoms with Gasteiger partial charge in [0.25, 0.3) is 0 Å². The second-order valence-electron chi connectivity index (χ2n) is 4.23. The standard InChI is InChI=1S/C12H14F2O2/c1-16-11-8(3-4-9(13)10(11)14)12(7-15)5-2-6-12/h3-4,15H,2,5-7H2,1H3. The van der Waals surface area contributed by atoms with Crippen LogP contribution in [0, 0.1) is 11.6 Å². The summed E-state index contributed by atoms with van der Waals surface area (Å²) in [5.74, 6) is -1.97. The van der Waals surface area contributed by atoms with Crippen LogP contribution in [0.3, 0.4) is 0 Å². The van der Waals surface area contributed by atoms with Crippen molar-refractivity contribution in [3.63, 3.8) is 0 Å². The summed E-state index contributed by atoms with van der Waals surface area (Å²) in [5, 5.41) is 9.40. The van der Waals surface area contributed by atoms with Crippen molar-refractivity contribution in [3.8, 4) is 5.75 Å². The number of rotatable bonds is 3. The molecule has 0 saturated heterocycles. The van der Waals surface area contributed by atoms with E-state index in [-0.39, 0.29) is 12.4 Å². The third-order valence-electron chi connectivity index (χ3n) is 3.44. The van der Waals surface area contributed by atoms with E-state index < -0.39 is 17.0 Å². The number of hydrogen-bond donors (Lipinski definition) is 1. The molecule has 2 rings (SSSR count). The predicted octanol–water partition coefficient (Wildman–Crippen LogP) is 2.39. The van der Waals surface area contributed by atoms with Crippen LogP contribution in [0.4, 0.5) is 8.78 Å². The van der Waals surface area contributed by atoms with Crippen molar-refractivity contribution in [1.82, 2.24) is 0 Å². The molecule has 1 saturated carbocycles. The summed E-state index contributed by atoms with van der Waals surface area (Å²) in [4.78, 5) is 0. The van der Waals surface area contributed by atoms with Crippen LogP contribution < -0.4 is 4.74 Å². The van der Waals surface area contributed by atoms with Crippen LogP contribution in [0.1, 0.15) is 24.8 Å². The third-order valence-corrected chi connectivity index (χ3v) is 3.44. The molecule has 0 amide bonds. The molecule has 0 aromatic heterocycles. The molecule has 1 aromatic rings. The van der Waals surface area contributed by atoms with Gasteiger partial charge >= 0.3 is 0 Å². The lowest BCUT2D eigenvalue weighted by Gasteiger charge is -2.41. The Labute approximate surface area is 92.9 Å². The van der Waals surface area contributed by atoms with Gasteiger partial charge in [-0.2, -0.15) is 4.39 Å². The van der Waals surface area contributed by atoms with Gasteiger partial charge in [0.05, 0.1) is 13.7 Å². The Morgan fingerprint density at radius 3 is 2.50 bits per heavy atom. The molecule has 0 bridgehead atoms. The van der Waals surface area contributed by atoms with Gasteiger partial charge in [-0.3, -0.25) is 0 Å². The fraction of sp³-hybridized carbons (Fsp3) is 0.500. The average molecular weight is 228 g/mol. The number of hydrogen-bond acceptors (Lipinski definition) is 2. The summed E-state index contributed by atoms with van der Waals surface area (Å²) >= 11 is 0. The molecule has 1 aliphatic carbocycles. The van der Waals surface area contributed by atoms with Gasteiger partial charge in [-0.1, -0.05) is 12.5 Å². The van der Waals surface area contributed by atoms with Crippen molar-refractivity contribution in [2.45, 2.75) is 24.7 Å². The number of aliphatic hydroxyl groups excluding tert-OH is 1. The normalized spacial score (nSPS) is 18.0. The van der Waals surface area contributed by atoms with Crippen molar-refractivity contribution in [2.75, 3.05) is 13.7 Å². The van der Waals surface area contributed by atoms with E-state index >= 15 is 0 Å². The van der Waals surface area contributed by atoms with E-state index in [1.807, 2.05) is 0 Å². The molecule has 0 aliphatic heterocycles. The summed E-state index contributed by atoms with van der Waals surface area (Å²) in [7, 11) is 1.31. The van der Waals surface area contributed by atoms with Gasteiger partial charge < -0.3 is 9.84 Å². The molecule has 0 radical (unpaired) electrons. The molecule has 0 atom stereocenters. The SMILES string of the molecule is COc1c(C2(CO)CCC2)ccc(F)c1F. The van der Waals surface area contributed by atoms with Gasteiger partial charge in [0.15, 0.2) is 11.6 Å². The van der Waals surface area contributed by atoms with Crippen LogP contribution in [0.2, 0.25) is 0 Å². The summed E-state index contributed by atoms with van der Waals surface area (Å²) in [6, 6.07) is 2.59. The molecule has 88 valence electrons. The number of aliphatic hydroxyl groups is 1. The van der Waals surface area contributed by atoms with Crippen molar-refractivity contribution in [2.24, 2.45) is 0 Å². The predicted molar refractivity (Wildman–Crippen MR) is 55.5 cm³/mol. The van der Waals surface area contributed by atoms with E-state index in [1.165, 1.54) is 13.2 Å². The number of halogens is 2. The fourth-order valence-corrected chi connectivity index (χ4v) is 2.27. The minimum Gasteiger partial charge on any atom is -0.493 e. The first-order chi connectivity index (χ1) is 7.64. The van der Waals surface area contributed by atoms with E-state index in [4.69, 9.17) is 4.74 Å². The monoisotopic (exact) mass is 228 g/mol. The lowest BCUT2D eigenvalue weighted by molar-refractivity contribution is 0.116. The Morgan fingerprint density at radius 2 is 2.06 bits per heavy atom. The van der Waals surface area contributed by atoms with E-state index in [0.29, 0.717) is 5.56 Å². The zero-order valence-corrected chi connectivity index (χ0v) is 9.09. The number of benzene rings is 1. The Morgan fingerprint density at radius 1 is 1.38 bits per heavy atom. The Hall–Kier alpha value is -1.16. The molecule has 1 aliphatic rings. The molecule has 0 spiro atoms. The van der Waals surface area contributed by atoms with Crippen LogP contribution in [0.15, 0.2) is 12.1 Å². The van der Waals surface area contributed by atoms with E-state index in [1.54, 1.807) is 0 Å². The second kappa shape index (κ2) is 4.01. The molecule has 16 heavy (non-hydrogen) atoms. The lowest BCUT2D eigenvalue weighted by atomic mass is 9.65. The van der Waals surface area contributed by atoms with Gasteiger partial charge in [-0.25, -0.2) is 4.39 Å². The minimum absolute atomic E-state index is 0.0611. The minimum atomic E-state index is -0.972. The van der Waals surface area contributed by atoms with Gasteiger partial charge in [-0.15, -0.1) is 0 Å². The zero-order chi connectivity index (χ0) is 11.8. The molecule has 1 N–H and O–H groups in total. The Balaban J connectivity index is 2.52. The molecule has 1 fully saturated rings. The Bertz CT molecular complexity index is 395. The third kappa shape index (κ3) is 1.48. The largest absolute Gasteiger partial charge is 0.493 e. The number of methoxy groups -OCH3 is 1. The molecule has 0 heterocycles. The topological polar surface area (TPSA) is 29.5 Å². The summed E-state index contributed by atoms with van der Waals surface area (Å²) in [6.07, 6.45) is 2.55. The first-order valence-electron chi connectivity index (χ1n) is 5.28. The van der Waals surface area contributed by atoms with Crippen molar-refractivity contribution >= 4 is 0 Å². The highest BCUT2D eigenvalue weighted by Gasteiger charge is 2.41. The molecule has 1 aromatic carbocycles. The molecular formula is C12H14F2O2. The second-order valence-corrected chi connectivity index (χ2v) is 4.23. The van der Waals surface area contributed by atoms with Crippen LogP contribution in [-0.2, 0) is 5.41 Å². The van der Waals surface area contributed by atoms with E-state index in [0.717, 1.165) is 25.3 Å².